The van der Waals surface area contributed by atoms with E-state index in [2.05, 4.69) is 23.5 Å². The summed E-state index contributed by atoms with van der Waals surface area (Å²) in [6, 6.07) is 0. The van der Waals surface area contributed by atoms with Crippen molar-refractivity contribution in [1.29, 1.82) is 0 Å². The molecule has 0 amide bonds. The molecule has 0 aromatic carbocycles. The Kier molecular flexibility index (Phi) is 3.53. The van der Waals surface area contributed by atoms with Crippen LogP contribution in [0.4, 0.5) is 0 Å². The van der Waals surface area contributed by atoms with Gasteiger partial charge in [0.25, 0.3) is 0 Å². The minimum atomic E-state index is 0.871. The zero-order chi connectivity index (χ0) is 5.86. The molecule has 0 saturated heterocycles. The van der Waals surface area contributed by atoms with Crippen molar-refractivity contribution in [1.82, 2.24) is 9.79 Å². The maximum Gasteiger partial charge on any atom is 0.00563 e. The van der Waals surface area contributed by atoms with Crippen LogP contribution in [0, 0.1) is 0 Å². The average Bonchev–Trinajstić information content (AvgIpc) is 1.65. The summed E-state index contributed by atoms with van der Waals surface area (Å²) in [6.45, 7) is 2.15. The third kappa shape index (κ3) is 2.98. The molecule has 0 radical (unpaired) electrons. The van der Waals surface area contributed by atoms with E-state index in [0.29, 0.717) is 0 Å². The van der Waals surface area contributed by atoms with Gasteiger partial charge in [0.05, 0.1) is 0 Å². The second-order valence-corrected chi connectivity index (χ2v) is 2.69. The quantitative estimate of drug-likeness (QED) is 0.389. The van der Waals surface area contributed by atoms with Gasteiger partial charge in [-0.1, -0.05) is 0 Å². The molecule has 44 valence electrons. The highest BCUT2D eigenvalue weighted by Gasteiger charge is 1.91. The smallest absolute Gasteiger partial charge is 0.00563 e. The van der Waals surface area contributed by atoms with Crippen LogP contribution in [0.2, 0.25) is 0 Å². The lowest BCUT2D eigenvalue weighted by atomic mass is 11.1. The van der Waals surface area contributed by atoms with Crippen molar-refractivity contribution in [3.8, 4) is 0 Å². The zero-order valence-electron chi connectivity index (χ0n) is 5.39. The molecule has 0 rings (SSSR count). The molecule has 0 aliphatic rings. The minimum Gasteiger partial charge on any atom is -0.245 e. The summed E-state index contributed by atoms with van der Waals surface area (Å²) in [7, 11) is 7.02. The van der Waals surface area contributed by atoms with E-state index < -0.39 is 0 Å². The Bertz CT molecular complexity index is 47.0. The van der Waals surface area contributed by atoms with Crippen LogP contribution in [-0.4, -0.2) is 37.6 Å². The highest BCUT2D eigenvalue weighted by atomic mass is 31.1. The first-order valence-electron chi connectivity index (χ1n) is 2.27. The van der Waals surface area contributed by atoms with Crippen LogP contribution in [0.1, 0.15) is 0 Å². The summed E-state index contributed by atoms with van der Waals surface area (Å²) in [5, 5.41) is 2.07. The molecule has 0 aliphatic heterocycles. The highest BCUT2D eigenvalue weighted by Crippen LogP contribution is 2.08. The number of hydrogen-bond donors (Lipinski definition) is 0. The third-order valence-electron chi connectivity index (χ3n) is 0.924. The average molecular weight is 120 g/mol. The zero-order valence-corrected chi connectivity index (χ0v) is 6.39. The van der Waals surface area contributed by atoms with Gasteiger partial charge in [-0.15, -0.1) is 0 Å². The maximum absolute atomic E-state index is 2.15. The summed E-state index contributed by atoms with van der Waals surface area (Å²) in [5.41, 5.74) is 0. The molecular formula is C4H13N2P. The predicted molar refractivity (Wildman–Crippen MR) is 35.7 cm³/mol. The number of nitrogens with zero attached hydrogens (tertiary/aromatic N) is 2. The first-order chi connectivity index (χ1) is 3.18. The summed E-state index contributed by atoms with van der Waals surface area (Å²) in [5.74, 6) is 0. The first-order valence-corrected chi connectivity index (χ1v) is 3.71. The van der Waals surface area contributed by atoms with Gasteiger partial charge in [0, 0.05) is 21.1 Å². The molecule has 3 heteroatoms. The van der Waals surface area contributed by atoms with E-state index in [1.807, 2.05) is 14.1 Å². The van der Waals surface area contributed by atoms with Crippen molar-refractivity contribution in [2.24, 2.45) is 0 Å². The lowest BCUT2D eigenvalue weighted by molar-refractivity contribution is 0.173. The van der Waals surface area contributed by atoms with Gasteiger partial charge in [-0.05, 0) is 15.4 Å². The molecule has 0 aromatic heterocycles. The minimum absolute atomic E-state index is 0.871. The Morgan fingerprint density at radius 2 is 1.57 bits per heavy atom. The molecule has 2 nitrogen and oxygen atoms in total. The van der Waals surface area contributed by atoms with Crippen LogP contribution >= 0.6 is 8.73 Å². The molecule has 0 spiro atoms. The van der Waals surface area contributed by atoms with Gasteiger partial charge in [0.15, 0.2) is 0 Å². The number of hydrazine groups is 1. The van der Waals surface area contributed by atoms with Gasteiger partial charge in [-0.2, -0.15) is 0 Å². The summed E-state index contributed by atoms with van der Waals surface area (Å²) in [4.78, 5) is 0. The molecule has 1 unspecified atom stereocenters. The monoisotopic (exact) mass is 120 g/mol. The molecule has 0 fully saturated rings. The van der Waals surface area contributed by atoms with Crippen LogP contribution < -0.4 is 0 Å². The van der Waals surface area contributed by atoms with Crippen molar-refractivity contribution in [3.05, 3.63) is 0 Å². The Hall–Kier alpha value is 0.350. The Labute approximate surface area is 47.3 Å². The van der Waals surface area contributed by atoms with Gasteiger partial charge in [0.1, 0.15) is 0 Å². The summed E-state index contributed by atoms with van der Waals surface area (Å²) >= 11 is 0. The normalized spacial score (nSPS) is 12.9. The fourth-order valence-electron chi connectivity index (χ4n) is 0.200. The topological polar surface area (TPSA) is 6.48 Å². The van der Waals surface area contributed by atoms with Crippen LogP contribution in [-0.2, 0) is 0 Å². The molecule has 0 aromatic rings. The van der Waals surface area contributed by atoms with Crippen LogP contribution in [0.25, 0.3) is 0 Å². The van der Waals surface area contributed by atoms with Crippen molar-refractivity contribution >= 4 is 8.73 Å². The maximum atomic E-state index is 2.15. The van der Waals surface area contributed by atoms with E-state index in [4.69, 9.17) is 0 Å². The van der Waals surface area contributed by atoms with E-state index >= 15 is 0 Å². The van der Waals surface area contributed by atoms with Gasteiger partial charge < -0.3 is 0 Å². The van der Waals surface area contributed by atoms with E-state index in [1.165, 1.54) is 0 Å². The standard InChI is InChI=1S/C4H13N2P/c1-5(2)6(3)7-4/h7H,1-4H3. The molecular weight excluding hydrogens is 107 g/mol. The van der Waals surface area contributed by atoms with E-state index in [1.54, 1.807) is 0 Å². The molecule has 0 aliphatic carbocycles. The van der Waals surface area contributed by atoms with Crippen LogP contribution in [0.5, 0.6) is 0 Å². The second kappa shape index (κ2) is 3.36. The molecule has 0 bridgehead atoms. The van der Waals surface area contributed by atoms with Crippen molar-refractivity contribution < 1.29 is 0 Å². The fraction of sp³-hybridized carbons (Fsp3) is 1.00. The van der Waals surface area contributed by atoms with Gasteiger partial charge >= 0.3 is 0 Å². The third-order valence-corrected chi connectivity index (χ3v) is 1.97. The SMILES string of the molecule is CPN(C)N(C)C. The second-order valence-electron chi connectivity index (χ2n) is 1.59. The summed E-state index contributed by atoms with van der Waals surface area (Å²) < 4.78 is 2.15. The fourth-order valence-corrected chi connectivity index (χ4v) is 0.600. The lowest BCUT2D eigenvalue weighted by Gasteiger charge is -2.21. The molecule has 0 heterocycles. The Morgan fingerprint density at radius 1 is 1.14 bits per heavy atom. The largest absolute Gasteiger partial charge is 0.245 e. The molecule has 0 N–H and O–H groups in total. The van der Waals surface area contributed by atoms with Gasteiger partial charge in [0.2, 0.25) is 0 Å². The molecule has 0 saturated carbocycles. The first kappa shape index (κ1) is 7.35. The van der Waals surface area contributed by atoms with Crippen molar-refractivity contribution in [2.75, 3.05) is 27.8 Å². The van der Waals surface area contributed by atoms with E-state index in [0.717, 1.165) is 8.73 Å². The molecule has 1 atom stereocenters. The predicted octanol–water partition coefficient (Wildman–Crippen LogP) is 0.618. The highest BCUT2D eigenvalue weighted by molar-refractivity contribution is 7.34. The van der Waals surface area contributed by atoms with E-state index in [-0.39, 0.29) is 0 Å². The van der Waals surface area contributed by atoms with Crippen LogP contribution in [0.3, 0.4) is 0 Å². The van der Waals surface area contributed by atoms with Crippen LogP contribution in [0.15, 0.2) is 0 Å². The number of rotatable bonds is 2. The molecule has 7 heavy (non-hydrogen) atoms. The van der Waals surface area contributed by atoms with Gasteiger partial charge in [-0.25, -0.2) is 9.79 Å². The summed E-state index contributed by atoms with van der Waals surface area (Å²) in [6.07, 6.45) is 0. The van der Waals surface area contributed by atoms with Crippen molar-refractivity contribution in [2.45, 2.75) is 0 Å². The van der Waals surface area contributed by atoms with Crippen molar-refractivity contribution in [3.63, 3.8) is 0 Å². The van der Waals surface area contributed by atoms with Gasteiger partial charge in [-0.3, -0.25) is 0 Å². The number of hydrogen-bond acceptors (Lipinski definition) is 2. The lowest BCUT2D eigenvalue weighted by Crippen LogP contribution is -2.24. The Morgan fingerprint density at radius 3 is 1.57 bits per heavy atom. The van der Waals surface area contributed by atoms with E-state index in [9.17, 15) is 0 Å². The Balaban J connectivity index is 3.14.